The third-order valence-electron chi connectivity index (χ3n) is 2.29. The molecule has 0 fully saturated rings. The molecule has 2 heterocycles. The molecule has 18 heavy (non-hydrogen) atoms. The standard InChI is InChI=1S/C12H13N3O2S/c1-7(2)5-9-10(12(16)17)18-11(15-9)8-3-4-13-6-14-8/h3-4,6-7H,5H2,1-2H3,(H,16,17). The van der Waals surface area contributed by atoms with Gasteiger partial charge in [0, 0.05) is 6.20 Å². The summed E-state index contributed by atoms with van der Waals surface area (Å²) in [6.07, 6.45) is 3.70. The fourth-order valence-electron chi connectivity index (χ4n) is 1.57. The molecular weight excluding hydrogens is 250 g/mol. The summed E-state index contributed by atoms with van der Waals surface area (Å²) in [7, 11) is 0. The van der Waals surface area contributed by atoms with E-state index < -0.39 is 5.97 Å². The van der Waals surface area contributed by atoms with Gasteiger partial charge in [-0.05, 0) is 18.4 Å². The Balaban J connectivity index is 2.42. The Morgan fingerprint density at radius 1 is 1.50 bits per heavy atom. The lowest BCUT2D eigenvalue weighted by atomic mass is 10.1. The molecule has 0 aliphatic heterocycles. The van der Waals surface area contributed by atoms with Crippen molar-refractivity contribution in [3.8, 4) is 10.7 Å². The van der Waals surface area contributed by atoms with Crippen LogP contribution in [0.2, 0.25) is 0 Å². The molecule has 0 amide bonds. The van der Waals surface area contributed by atoms with Crippen molar-refractivity contribution >= 4 is 17.3 Å². The maximum atomic E-state index is 11.2. The van der Waals surface area contributed by atoms with Gasteiger partial charge in [0.1, 0.15) is 21.9 Å². The third kappa shape index (κ3) is 2.70. The van der Waals surface area contributed by atoms with Crippen molar-refractivity contribution in [1.29, 1.82) is 0 Å². The van der Waals surface area contributed by atoms with E-state index in [2.05, 4.69) is 15.0 Å². The number of carbonyl (C=O) groups is 1. The largest absolute Gasteiger partial charge is 0.477 e. The van der Waals surface area contributed by atoms with E-state index in [-0.39, 0.29) is 0 Å². The van der Waals surface area contributed by atoms with Crippen LogP contribution in [-0.4, -0.2) is 26.0 Å². The zero-order valence-electron chi connectivity index (χ0n) is 10.1. The first-order chi connectivity index (χ1) is 8.58. The summed E-state index contributed by atoms with van der Waals surface area (Å²) in [4.78, 5) is 23.8. The van der Waals surface area contributed by atoms with Crippen LogP contribution >= 0.6 is 11.3 Å². The first-order valence-electron chi connectivity index (χ1n) is 5.57. The topological polar surface area (TPSA) is 76.0 Å². The summed E-state index contributed by atoms with van der Waals surface area (Å²) < 4.78 is 0. The highest BCUT2D eigenvalue weighted by atomic mass is 32.1. The van der Waals surface area contributed by atoms with Crippen molar-refractivity contribution in [2.24, 2.45) is 5.92 Å². The van der Waals surface area contributed by atoms with E-state index in [1.165, 1.54) is 6.33 Å². The lowest BCUT2D eigenvalue weighted by molar-refractivity contribution is 0.0700. The number of thiazole rings is 1. The second-order valence-corrected chi connectivity index (χ2v) is 5.29. The minimum atomic E-state index is -0.927. The average molecular weight is 263 g/mol. The summed E-state index contributed by atoms with van der Waals surface area (Å²) in [5.41, 5.74) is 1.30. The number of carboxylic acid groups (broad SMARTS) is 1. The van der Waals surface area contributed by atoms with Crippen LogP contribution in [0.1, 0.15) is 29.2 Å². The lowest BCUT2D eigenvalue weighted by Gasteiger charge is -2.01. The fraction of sp³-hybridized carbons (Fsp3) is 0.333. The number of aromatic carboxylic acids is 1. The molecule has 0 saturated heterocycles. The van der Waals surface area contributed by atoms with Crippen molar-refractivity contribution < 1.29 is 9.90 Å². The van der Waals surface area contributed by atoms with Gasteiger partial charge in [-0.3, -0.25) is 0 Å². The Kier molecular flexibility index (Phi) is 3.66. The smallest absolute Gasteiger partial charge is 0.347 e. The molecule has 2 aromatic rings. The Labute approximate surface area is 109 Å². The highest BCUT2D eigenvalue weighted by Crippen LogP contribution is 2.27. The maximum Gasteiger partial charge on any atom is 0.347 e. The van der Waals surface area contributed by atoms with E-state index in [0.717, 1.165) is 11.3 Å². The van der Waals surface area contributed by atoms with Gasteiger partial charge in [0.25, 0.3) is 0 Å². The molecule has 0 atom stereocenters. The number of hydrogen-bond donors (Lipinski definition) is 1. The second kappa shape index (κ2) is 5.22. The van der Waals surface area contributed by atoms with Gasteiger partial charge < -0.3 is 5.11 Å². The zero-order valence-corrected chi connectivity index (χ0v) is 10.9. The minimum absolute atomic E-state index is 0.303. The van der Waals surface area contributed by atoms with Crippen LogP contribution in [0.25, 0.3) is 10.7 Å². The summed E-state index contributed by atoms with van der Waals surface area (Å²) >= 11 is 1.16. The van der Waals surface area contributed by atoms with Gasteiger partial charge in [0.05, 0.1) is 5.69 Å². The highest BCUT2D eigenvalue weighted by molar-refractivity contribution is 7.17. The lowest BCUT2D eigenvalue weighted by Crippen LogP contribution is -2.02. The van der Waals surface area contributed by atoms with Crippen LogP contribution < -0.4 is 0 Å². The number of nitrogens with zero attached hydrogens (tertiary/aromatic N) is 3. The van der Waals surface area contributed by atoms with E-state index in [4.69, 9.17) is 0 Å². The summed E-state index contributed by atoms with van der Waals surface area (Å²) in [5, 5.41) is 9.81. The molecule has 0 aliphatic carbocycles. The van der Waals surface area contributed by atoms with E-state index >= 15 is 0 Å². The Hall–Kier alpha value is -1.82. The molecule has 0 aliphatic rings. The van der Waals surface area contributed by atoms with Crippen LogP contribution in [0.3, 0.4) is 0 Å². The third-order valence-corrected chi connectivity index (χ3v) is 3.40. The molecule has 2 aromatic heterocycles. The molecule has 0 unspecified atom stereocenters. The predicted octanol–water partition coefficient (Wildman–Crippen LogP) is 2.50. The van der Waals surface area contributed by atoms with Crippen molar-refractivity contribution in [3.63, 3.8) is 0 Å². The van der Waals surface area contributed by atoms with Crippen LogP contribution in [0, 0.1) is 5.92 Å². The average Bonchev–Trinajstić information content (AvgIpc) is 2.73. The van der Waals surface area contributed by atoms with Gasteiger partial charge >= 0.3 is 5.97 Å². The second-order valence-electron chi connectivity index (χ2n) is 4.29. The molecule has 94 valence electrons. The van der Waals surface area contributed by atoms with Crippen LogP contribution in [-0.2, 0) is 6.42 Å². The molecule has 6 heteroatoms. The van der Waals surface area contributed by atoms with Gasteiger partial charge in [0.2, 0.25) is 0 Å². The highest BCUT2D eigenvalue weighted by Gasteiger charge is 2.19. The number of hydrogen-bond acceptors (Lipinski definition) is 5. The molecule has 5 nitrogen and oxygen atoms in total. The molecule has 0 aromatic carbocycles. The number of aromatic nitrogens is 3. The van der Waals surface area contributed by atoms with Gasteiger partial charge in [-0.2, -0.15) is 0 Å². The first-order valence-corrected chi connectivity index (χ1v) is 6.39. The molecule has 0 spiro atoms. The van der Waals surface area contributed by atoms with Gasteiger partial charge in [0.15, 0.2) is 0 Å². The van der Waals surface area contributed by atoms with Gasteiger partial charge in [-0.1, -0.05) is 13.8 Å². The van der Waals surface area contributed by atoms with E-state index in [0.29, 0.717) is 33.6 Å². The van der Waals surface area contributed by atoms with E-state index in [1.807, 2.05) is 13.8 Å². The molecule has 0 saturated carbocycles. The van der Waals surface area contributed by atoms with Crippen molar-refractivity contribution in [2.75, 3.05) is 0 Å². The normalized spacial score (nSPS) is 10.8. The van der Waals surface area contributed by atoms with Crippen molar-refractivity contribution in [3.05, 3.63) is 29.2 Å². The Morgan fingerprint density at radius 2 is 2.28 bits per heavy atom. The molecule has 0 radical (unpaired) electrons. The van der Waals surface area contributed by atoms with E-state index in [9.17, 15) is 9.90 Å². The number of rotatable bonds is 4. The van der Waals surface area contributed by atoms with Gasteiger partial charge in [-0.15, -0.1) is 11.3 Å². The molecule has 2 rings (SSSR count). The predicted molar refractivity (Wildman–Crippen MR) is 68.6 cm³/mol. The maximum absolute atomic E-state index is 11.2. The first kappa shape index (κ1) is 12.6. The molecular formula is C12H13N3O2S. The SMILES string of the molecule is CC(C)Cc1nc(-c2ccncn2)sc1C(=O)O. The van der Waals surface area contributed by atoms with Gasteiger partial charge in [-0.25, -0.2) is 19.7 Å². The quantitative estimate of drug-likeness (QED) is 0.917. The Bertz CT molecular complexity index is 552. The van der Waals surface area contributed by atoms with Crippen molar-refractivity contribution in [1.82, 2.24) is 15.0 Å². The fourth-order valence-corrected chi connectivity index (χ4v) is 2.48. The van der Waals surface area contributed by atoms with Crippen LogP contribution in [0.15, 0.2) is 18.6 Å². The summed E-state index contributed by atoms with van der Waals surface area (Å²) in [5.74, 6) is -0.563. The minimum Gasteiger partial charge on any atom is -0.477 e. The summed E-state index contributed by atoms with van der Waals surface area (Å²) in [6.45, 7) is 4.07. The molecule has 0 bridgehead atoms. The zero-order chi connectivity index (χ0) is 13.1. The van der Waals surface area contributed by atoms with E-state index in [1.54, 1.807) is 12.3 Å². The van der Waals surface area contributed by atoms with Crippen molar-refractivity contribution in [2.45, 2.75) is 20.3 Å². The summed E-state index contributed by atoms with van der Waals surface area (Å²) in [6, 6.07) is 1.73. The monoisotopic (exact) mass is 263 g/mol. The Morgan fingerprint density at radius 3 is 2.83 bits per heavy atom. The van der Waals surface area contributed by atoms with Crippen LogP contribution in [0.5, 0.6) is 0 Å². The van der Waals surface area contributed by atoms with Crippen LogP contribution in [0.4, 0.5) is 0 Å². The molecule has 1 N–H and O–H groups in total. The number of carboxylic acids is 1.